The van der Waals surface area contributed by atoms with Gasteiger partial charge in [0.2, 0.25) is 0 Å². The Kier molecular flexibility index (Phi) is 15.4. The summed E-state index contributed by atoms with van der Waals surface area (Å²) in [6.07, 6.45) is 2.32. The van der Waals surface area contributed by atoms with E-state index >= 15 is 0 Å². The van der Waals surface area contributed by atoms with Crippen LogP contribution in [0.4, 0.5) is 0 Å². The molecule has 0 saturated carbocycles. The predicted octanol–water partition coefficient (Wildman–Crippen LogP) is 0.528. The molecule has 0 fully saturated rings. The van der Waals surface area contributed by atoms with Crippen LogP contribution < -0.4 is 0 Å². The van der Waals surface area contributed by atoms with E-state index < -0.39 is 6.10 Å². The van der Waals surface area contributed by atoms with E-state index in [1.54, 1.807) is 6.92 Å². The molecule has 0 aliphatic rings. The molecule has 0 aliphatic heterocycles. The molecule has 70 valence electrons. The van der Waals surface area contributed by atoms with Gasteiger partial charge in [0, 0.05) is 6.61 Å². The number of unbranched alkanes of at least 4 members (excludes halogenated alkanes) is 1. The van der Waals surface area contributed by atoms with Gasteiger partial charge in [-0.15, -0.1) is 0 Å². The summed E-state index contributed by atoms with van der Waals surface area (Å²) in [6.45, 7) is 3.89. The van der Waals surface area contributed by atoms with Crippen LogP contribution in [0.5, 0.6) is 0 Å². The van der Waals surface area contributed by atoms with Gasteiger partial charge in [-0.1, -0.05) is 19.8 Å². The number of hydrogen-bond acceptors (Lipinski definition) is 3. The maximum atomic E-state index is 8.74. The fourth-order valence-electron chi connectivity index (χ4n) is 0.531. The van der Waals surface area contributed by atoms with Crippen molar-refractivity contribution in [2.24, 2.45) is 0 Å². The van der Waals surface area contributed by atoms with Crippen molar-refractivity contribution in [3.05, 3.63) is 0 Å². The molecule has 0 bridgehead atoms. The molecule has 0 heterocycles. The maximum absolute atomic E-state index is 8.74. The van der Waals surface area contributed by atoms with E-state index in [9.17, 15) is 0 Å². The van der Waals surface area contributed by atoms with Crippen LogP contribution in [-0.2, 0) is 0 Å². The quantitative estimate of drug-likeness (QED) is 0.568. The van der Waals surface area contributed by atoms with E-state index in [0.717, 1.165) is 19.3 Å². The lowest BCUT2D eigenvalue weighted by Crippen LogP contribution is -2.10. The van der Waals surface area contributed by atoms with Gasteiger partial charge >= 0.3 is 0 Å². The van der Waals surface area contributed by atoms with Crippen molar-refractivity contribution in [3.63, 3.8) is 0 Å². The highest BCUT2D eigenvalue weighted by Crippen LogP contribution is 1.97. The van der Waals surface area contributed by atoms with Gasteiger partial charge in [0.1, 0.15) is 0 Å². The van der Waals surface area contributed by atoms with Gasteiger partial charge in [-0.2, -0.15) is 0 Å². The number of rotatable bonds is 4. The molecule has 0 saturated heterocycles. The second-order valence-electron chi connectivity index (χ2n) is 2.29. The Morgan fingerprint density at radius 2 is 1.64 bits per heavy atom. The summed E-state index contributed by atoms with van der Waals surface area (Å²) in [5.41, 5.74) is 0. The van der Waals surface area contributed by atoms with Crippen molar-refractivity contribution in [1.29, 1.82) is 0 Å². The van der Waals surface area contributed by atoms with Crippen molar-refractivity contribution in [2.75, 3.05) is 13.2 Å². The minimum Gasteiger partial charge on any atom is -0.397 e. The minimum atomic E-state index is -0.491. The van der Waals surface area contributed by atoms with Crippen LogP contribution in [0.3, 0.4) is 0 Å². The van der Waals surface area contributed by atoms with Crippen molar-refractivity contribution in [1.82, 2.24) is 0 Å². The van der Waals surface area contributed by atoms with Crippen molar-refractivity contribution in [3.8, 4) is 0 Å². The van der Waals surface area contributed by atoms with Gasteiger partial charge in [0.25, 0.3) is 0 Å². The van der Waals surface area contributed by atoms with Crippen LogP contribution in [0.1, 0.15) is 33.1 Å². The highest BCUT2D eigenvalue weighted by atomic mass is 16.3. The first-order valence-electron chi connectivity index (χ1n) is 4.12. The molecular formula is C8H20O3. The van der Waals surface area contributed by atoms with Gasteiger partial charge in [0.05, 0.1) is 12.7 Å². The number of aliphatic hydroxyl groups excluding tert-OH is 3. The summed E-state index contributed by atoms with van der Waals surface area (Å²) in [5.74, 6) is 0. The monoisotopic (exact) mass is 164 g/mol. The van der Waals surface area contributed by atoms with Crippen LogP contribution in [0.15, 0.2) is 0 Å². The molecule has 0 aromatic carbocycles. The van der Waals surface area contributed by atoms with E-state index in [-0.39, 0.29) is 13.2 Å². The summed E-state index contributed by atoms with van der Waals surface area (Å²) in [6, 6.07) is 0. The Hall–Kier alpha value is -0.120. The van der Waals surface area contributed by atoms with Gasteiger partial charge in [-0.25, -0.2) is 0 Å². The Morgan fingerprint density at radius 1 is 1.18 bits per heavy atom. The lowest BCUT2D eigenvalue weighted by molar-refractivity contribution is 0.0865. The molecule has 11 heavy (non-hydrogen) atoms. The van der Waals surface area contributed by atoms with Crippen LogP contribution in [-0.4, -0.2) is 34.6 Å². The third-order valence-electron chi connectivity index (χ3n) is 1.10. The topological polar surface area (TPSA) is 60.7 Å². The molecule has 3 N–H and O–H groups in total. The fourth-order valence-corrected chi connectivity index (χ4v) is 0.531. The molecule has 3 heteroatoms. The Bertz CT molecular complexity index is 57.3. The first-order chi connectivity index (χ1) is 5.22. The smallest absolute Gasteiger partial charge is 0.0770 e. The van der Waals surface area contributed by atoms with Crippen LogP contribution in [0.25, 0.3) is 0 Å². The summed E-state index contributed by atoms with van der Waals surface area (Å²) in [4.78, 5) is 0. The highest BCUT2D eigenvalue weighted by molar-refractivity contribution is 4.50. The third kappa shape index (κ3) is 17.7. The highest BCUT2D eigenvalue weighted by Gasteiger charge is 1.97. The van der Waals surface area contributed by atoms with Gasteiger partial charge in [-0.3, -0.25) is 0 Å². The lowest BCUT2D eigenvalue weighted by Gasteiger charge is -2.02. The SMILES string of the molecule is CCCCC(O)CO.CCO. The fraction of sp³-hybridized carbons (Fsp3) is 1.00. The second-order valence-corrected chi connectivity index (χ2v) is 2.29. The summed E-state index contributed by atoms with van der Waals surface area (Å²) in [7, 11) is 0. The van der Waals surface area contributed by atoms with E-state index in [1.807, 2.05) is 0 Å². The molecular weight excluding hydrogens is 144 g/mol. The zero-order chi connectivity index (χ0) is 9.11. The molecule has 1 atom stereocenters. The summed E-state index contributed by atoms with van der Waals surface area (Å²) >= 11 is 0. The molecule has 0 spiro atoms. The largest absolute Gasteiger partial charge is 0.397 e. The third-order valence-corrected chi connectivity index (χ3v) is 1.10. The minimum absolute atomic E-state index is 0.0972. The average Bonchev–Trinajstić information content (AvgIpc) is 2.02. The molecule has 0 aromatic rings. The summed E-state index contributed by atoms with van der Waals surface area (Å²) < 4.78 is 0. The molecule has 0 aromatic heterocycles. The van der Waals surface area contributed by atoms with Gasteiger partial charge in [-0.05, 0) is 13.3 Å². The lowest BCUT2D eigenvalue weighted by atomic mass is 10.2. The first kappa shape index (κ1) is 13.5. The molecule has 3 nitrogen and oxygen atoms in total. The molecule has 0 rings (SSSR count). The molecule has 0 aliphatic carbocycles. The van der Waals surface area contributed by atoms with Crippen LogP contribution >= 0.6 is 0 Å². The average molecular weight is 164 g/mol. The molecule has 0 amide bonds. The van der Waals surface area contributed by atoms with Crippen LogP contribution in [0, 0.1) is 0 Å². The second kappa shape index (κ2) is 12.5. The predicted molar refractivity (Wildman–Crippen MR) is 45.4 cm³/mol. The van der Waals surface area contributed by atoms with E-state index in [4.69, 9.17) is 15.3 Å². The summed E-state index contributed by atoms with van der Waals surface area (Å²) in [5, 5.41) is 24.6. The molecule has 0 radical (unpaired) electrons. The number of hydrogen-bond donors (Lipinski definition) is 3. The van der Waals surface area contributed by atoms with E-state index in [0.29, 0.717) is 0 Å². The maximum Gasteiger partial charge on any atom is 0.0770 e. The Morgan fingerprint density at radius 3 is 1.91 bits per heavy atom. The van der Waals surface area contributed by atoms with E-state index in [2.05, 4.69) is 6.92 Å². The zero-order valence-corrected chi connectivity index (χ0v) is 7.45. The molecule has 1 unspecified atom stereocenters. The number of aliphatic hydroxyl groups is 3. The van der Waals surface area contributed by atoms with Gasteiger partial charge in [0.15, 0.2) is 0 Å². The van der Waals surface area contributed by atoms with E-state index in [1.165, 1.54) is 0 Å². The van der Waals surface area contributed by atoms with Crippen LogP contribution in [0.2, 0.25) is 0 Å². The Labute approximate surface area is 68.7 Å². The standard InChI is InChI=1S/C6H14O2.C2H6O/c1-2-3-4-6(8)5-7;1-2-3/h6-8H,2-5H2,1H3;3H,2H2,1H3. The van der Waals surface area contributed by atoms with Crippen molar-refractivity contribution in [2.45, 2.75) is 39.2 Å². The zero-order valence-electron chi connectivity index (χ0n) is 7.45. The first-order valence-corrected chi connectivity index (χ1v) is 4.12. The van der Waals surface area contributed by atoms with Crippen molar-refractivity contribution >= 4 is 0 Å². The normalized spacial score (nSPS) is 11.7. The van der Waals surface area contributed by atoms with Gasteiger partial charge < -0.3 is 15.3 Å². The van der Waals surface area contributed by atoms with Crippen molar-refractivity contribution < 1.29 is 15.3 Å². The Balaban J connectivity index is 0.